The normalized spacial score (nSPS) is 11.2. The number of nitro groups is 1. The van der Waals surface area contributed by atoms with Gasteiger partial charge in [0.05, 0.1) is 15.1 Å². The minimum atomic E-state index is -0.464. The summed E-state index contributed by atoms with van der Waals surface area (Å²) >= 11 is 0.997. The summed E-state index contributed by atoms with van der Waals surface area (Å²) in [5.74, 6) is 0. The van der Waals surface area contributed by atoms with Gasteiger partial charge in [-0.1, -0.05) is 41.7 Å². The van der Waals surface area contributed by atoms with Crippen molar-refractivity contribution < 1.29 is 4.92 Å². The lowest BCUT2D eigenvalue weighted by atomic mass is 10.2. The zero-order valence-electron chi connectivity index (χ0n) is 10.8. The molecule has 5 nitrogen and oxygen atoms in total. The number of hydrogen-bond acceptors (Lipinski definition) is 4. The van der Waals surface area contributed by atoms with Gasteiger partial charge in [0.15, 0.2) is 0 Å². The van der Waals surface area contributed by atoms with Gasteiger partial charge >= 0.3 is 4.87 Å². The Morgan fingerprint density at radius 3 is 2.62 bits per heavy atom. The number of aromatic nitrogens is 1. The Morgan fingerprint density at radius 2 is 1.90 bits per heavy atom. The third-order valence-corrected chi connectivity index (χ3v) is 3.94. The van der Waals surface area contributed by atoms with E-state index in [0.717, 1.165) is 16.9 Å². The predicted octanol–water partition coefficient (Wildman–Crippen LogP) is 3.60. The van der Waals surface area contributed by atoms with Crippen molar-refractivity contribution in [2.24, 2.45) is 0 Å². The second-order valence-electron chi connectivity index (χ2n) is 4.37. The van der Waals surface area contributed by atoms with Crippen molar-refractivity contribution in [3.05, 3.63) is 73.9 Å². The number of rotatable bonds is 3. The number of non-ortho nitro benzene ring substituents is 1. The second-order valence-corrected chi connectivity index (χ2v) is 5.37. The van der Waals surface area contributed by atoms with Gasteiger partial charge < -0.3 is 0 Å². The van der Waals surface area contributed by atoms with Crippen LogP contribution in [-0.4, -0.2) is 9.49 Å². The molecule has 0 bridgehead atoms. The van der Waals surface area contributed by atoms with Crippen LogP contribution in [0.2, 0.25) is 0 Å². The molecule has 0 atom stereocenters. The van der Waals surface area contributed by atoms with Gasteiger partial charge in [0.25, 0.3) is 5.69 Å². The summed E-state index contributed by atoms with van der Waals surface area (Å²) in [5.41, 5.74) is 1.64. The fourth-order valence-electron chi connectivity index (χ4n) is 2.00. The van der Waals surface area contributed by atoms with Crippen LogP contribution in [0.25, 0.3) is 22.5 Å². The van der Waals surface area contributed by atoms with Crippen LogP contribution in [0.3, 0.4) is 0 Å². The minimum Gasteiger partial charge on any atom is -0.274 e. The molecule has 0 radical (unpaired) electrons. The van der Waals surface area contributed by atoms with Crippen LogP contribution in [0.15, 0.2) is 53.3 Å². The molecule has 1 heterocycles. The van der Waals surface area contributed by atoms with Crippen LogP contribution in [0.1, 0.15) is 5.56 Å². The van der Waals surface area contributed by atoms with E-state index in [9.17, 15) is 14.9 Å². The second kappa shape index (κ2) is 5.34. The van der Waals surface area contributed by atoms with Crippen LogP contribution < -0.4 is 4.87 Å². The fraction of sp³-hybridized carbons (Fsp3) is 0. The molecule has 0 aliphatic carbocycles. The molecule has 6 heteroatoms. The Balaban J connectivity index is 2.07. The first-order chi connectivity index (χ1) is 10.1. The Morgan fingerprint density at radius 1 is 1.14 bits per heavy atom. The van der Waals surface area contributed by atoms with E-state index in [1.165, 1.54) is 16.7 Å². The zero-order valence-corrected chi connectivity index (χ0v) is 11.6. The number of nitro benzene ring substituents is 1. The van der Waals surface area contributed by atoms with E-state index >= 15 is 0 Å². The van der Waals surface area contributed by atoms with E-state index in [1.807, 2.05) is 36.4 Å². The molecular weight excluding hydrogens is 288 g/mol. The molecule has 104 valence electrons. The summed E-state index contributed by atoms with van der Waals surface area (Å²) < 4.78 is 2.10. The van der Waals surface area contributed by atoms with E-state index in [4.69, 9.17) is 0 Å². The summed E-state index contributed by atoms with van der Waals surface area (Å²) in [6.07, 6.45) is 3.51. The minimum absolute atomic E-state index is 0.0112. The first kappa shape index (κ1) is 13.3. The van der Waals surface area contributed by atoms with Gasteiger partial charge in [-0.3, -0.25) is 19.5 Å². The van der Waals surface area contributed by atoms with Crippen LogP contribution in [0.4, 0.5) is 5.69 Å². The standard InChI is InChI=1S/C15H10N2O3S/c18-15-16(9-8-11-4-2-1-3-5-11)13-7-6-12(17(19)20)10-14(13)21-15/h1-10H/b9-8+. The third kappa shape index (κ3) is 2.61. The van der Waals surface area contributed by atoms with E-state index < -0.39 is 4.92 Å². The Hall–Kier alpha value is -2.73. The lowest BCUT2D eigenvalue weighted by molar-refractivity contribution is -0.384. The van der Waals surface area contributed by atoms with Crippen molar-refractivity contribution >= 4 is 39.5 Å². The summed E-state index contributed by atoms with van der Waals surface area (Å²) in [4.78, 5) is 22.1. The van der Waals surface area contributed by atoms with Gasteiger partial charge in [0, 0.05) is 18.3 Å². The molecule has 0 saturated heterocycles. The van der Waals surface area contributed by atoms with Gasteiger partial charge in [-0.15, -0.1) is 0 Å². The molecule has 3 aromatic rings. The average Bonchev–Trinajstić information content (AvgIpc) is 2.80. The Kier molecular flexibility index (Phi) is 3.37. The molecule has 3 rings (SSSR count). The summed E-state index contributed by atoms with van der Waals surface area (Å²) in [6.45, 7) is 0. The predicted molar refractivity (Wildman–Crippen MR) is 84.4 cm³/mol. The number of thiazole rings is 1. The van der Waals surface area contributed by atoms with Gasteiger partial charge in [0.1, 0.15) is 0 Å². The van der Waals surface area contributed by atoms with E-state index in [2.05, 4.69) is 0 Å². The molecule has 0 amide bonds. The molecule has 1 aromatic heterocycles. The van der Waals surface area contributed by atoms with E-state index in [1.54, 1.807) is 12.3 Å². The highest BCUT2D eigenvalue weighted by Gasteiger charge is 2.11. The highest BCUT2D eigenvalue weighted by atomic mass is 32.1. The van der Waals surface area contributed by atoms with Crippen LogP contribution in [-0.2, 0) is 0 Å². The molecule has 0 spiro atoms. The molecule has 2 aromatic carbocycles. The first-order valence-corrected chi connectivity index (χ1v) is 6.99. The lowest BCUT2D eigenvalue weighted by Crippen LogP contribution is -2.05. The average molecular weight is 298 g/mol. The smallest absolute Gasteiger partial charge is 0.274 e. The molecule has 0 N–H and O–H groups in total. The monoisotopic (exact) mass is 298 g/mol. The van der Waals surface area contributed by atoms with Crippen molar-refractivity contribution in [3.63, 3.8) is 0 Å². The largest absolute Gasteiger partial charge is 0.312 e. The van der Waals surface area contributed by atoms with Gasteiger partial charge in [0.2, 0.25) is 0 Å². The molecule has 0 aliphatic rings. The van der Waals surface area contributed by atoms with Gasteiger partial charge in [-0.05, 0) is 17.7 Å². The first-order valence-electron chi connectivity index (χ1n) is 6.18. The summed E-state index contributed by atoms with van der Waals surface area (Å²) in [7, 11) is 0. The number of nitrogens with zero attached hydrogens (tertiary/aromatic N) is 2. The summed E-state index contributed by atoms with van der Waals surface area (Å²) in [6, 6.07) is 14.0. The topological polar surface area (TPSA) is 65.1 Å². The number of fused-ring (bicyclic) bond motifs is 1. The Bertz CT molecular complexity index is 894. The maximum atomic E-state index is 12.0. The third-order valence-electron chi connectivity index (χ3n) is 3.02. The lowest BCUT2D eigenvalue weighted by Gasteiger charge is -1.97. The van der Waals surface area contributed by atoms with Crippen molar-refractivity contribution in [2.45, 2.75) is 0 Å². The molecule has 0 fully saturated rings. The van der Waals surface area contributed by atoms with E-state index in [0.29, 0.717) is 10.2 Å². The Labute approximate surface area is 123 Å². The quantitative estimate of drug-likeness (QED) is 0.548. The SMILES string of the molecule is O=c1sc2cc([N+](=O)[O-])ccc2n1/C=C/c1ccccc1. The van der Waals surface area contributed by atoms with Crippen LogP contribution in [0.5, 0.6) is 0 Å². The van der Waals surface area contributed by atoms with Crippen molar-refractivity contribution in [1.82, 2.24) is 4.57 Å². The number of benzene rings is 2. The van der Waals surface area contributed by atoms with Gasteiger partial charge in [-0.25, -0.2) is 0 Å². The van der Waals surface area contributed by atoms with E-state index in [-0.39, 0.29) is 10.6 Å². The van der Waals surface area contributed by atoms with Crippen molar-refractivity contribution in [2.75, 3.05) is 0 Å². The van der Waals surface area contributed by atoms with Crippen LogP contribution in [0, 0.1) is 10.1 Å². The molecule has 0 unspecified atom stereocenters. The molecule has 21 heavy (non-hydrogen) atoms. The molecule has 0 aliphatic heterocycles. The molecule has 0 saturated carbocycles. The molecular formula is C15H10N2O3S. The van der Waals surface area contributed by atoms with Crippen LogP contribution >= 0.6 is 11.3 Å². The highest BCUT2D eigenvalue weighted by Crippen LogP contribution is 2.23. The summed E-state index contributed by atoms with van der Waals surface area (Å²) in [5, 5.41) is 10.8. The fourth-order valence-corrected chi connectivity index (χ4v) is 2.90. The maximum absolute atomic E-state index is 12.0. The number of hydrogen-bond donors (Lipinski definition) is 0. The maximum Gasteiger partial charge on any atom is 0.312 e. The van der Waals surface area contributed by atoms with Crippen molar-refractivity contribution in [1.29, 1.82) is 0 Å². The highest BCUT2D eigenvalue weighted by molar-refractivity contribution is 7.16. The zero-order chi connectivity index (χ0) is 14.8. The van der Waals surface area contributed by atoms with Gasteiger partial charge in [-0.2, -0.15) is 0 Å². The van der Waals surface area contributed by atoms with Crippen molar-refractivity contribution in [3.8, 4) is 0 Å².